The van der Waals surface area contributed by atoms with E-state index in [1.54, 1.807) is 6.07 Å². The van der Waals surface area contributed by atoms with Crippen molar-refractivity contribution in [1.82, 2.24) is 20.4 Å². The van der Waals surface area contributed by atoms with E-state index in [1.165, 1.54) is 0 Å². The number of pyridine rings is 1. The van der Waals surface area contributed by atoms with Gasteiger partial charge in [0.15, 0.2) is 0 Å². The van der Waals surface area contributed by atoms with Gasteiger partial charge in [-0.3, -0.25) is 9.69 Å². The summed E-state index contributed by atoms with van der Waals surface area (Å²) in [6.07, 6.45) is 0. The minimum absolute atomic E-state index is 0.129. The molecule has 0 bridgehead atoms. The summed E-state index contributed by atoms with van der Waals surface area (Å²) in [7, 11) is 0. The Kier molecular flexibility index (Phi) is 5.36. The number of aromatic nitrogens is 2. The second-order valence-corrected chi connectivity index (χ2v) is 7.11. The Hall–Kier alpha value is -2.77. The lowest BCUT2D eigenvalue weighted by molar-refractivity contribution is 0.0332. The molecular weight excluding hydrogens is 356 g/mol. The molecule has 3 aromatic rings. The fraction of sp³-hybridized carbons (Fsp3) is 0.381. The van der Waals surface area contributed by atoms with Crippen molar-refractivity contribution < 1.29 is 14.1 Å². The molecule has 1 amide bonds. The maximum atomic E-state index is 13.2. The standard InChI is InChI=1S/C21H24N4O3/c1-14-12-17(19-15(2)24-28-21(19)22-14)20(26)23-18(16-6-4-3-5-7-16)13-25-8-10-27-11-9-25/h3-7,12,18H,8-11,13H2,1-2H3,(H,23,26). The molecule has 146 valence electrons. The highest BCUT2D eigenvalue weighted by molar-refractivity contribution is 6.06. The van der Waals surface area contributed by atoms with Crippen LogP contribution in [0.1, 0.15) is 33.4 Å². The highest BCUT2D eigenvalue weighted by atomic mass is 16.5. The zero-order chi connectivity index (χ0) is 19.5. The lowest BCUT2D eigenvalue weighted by Gasteiger charge is -2.31. The molecule has 3 heterocycles. The first kappa shape index (κ1) is 18.6. The van der Waals surface area contributed by atoms with E-state index in [9.17, 15) is 4.79 Å². The highest BCUT2D eigenvalue weighted by Crippen LogP contribution is 2.23. The van der Waals surface area contributed by atoms with Crippen LogP contribution in [-0.4, -0.2) is 53.8 Å². The fourth-order valence-electron chi connectivity index (χ4n) is 3.59. The van der Waals surface area contributed by atoms with E-state index in [0.717, 1.165) is 44.1 Å². The molecule has 1 atom stereocenters. The topological polar surface area (TPSA) is 80.5 Å². The van der Waals surface area contributed by atoms with Gasteiger partial charge in [-0.15, -0.1) is 0 Å². The van der Waals surface area contributed by atoms with Crippen LogP contribution in [0.5, 0.6) is 0 Å². The van der Waals surface area contributed by atoms with E-state index in [-0.39, 0.29) is 11.9 Å². The Balaban J connectivity index is 1.63. The summed E-state index contributed by atoms with van der Waals surface area (Å²) in [4.78, 5) is 19.9. The smallest absolute Gasteiger partial charge is 0.258 e. The monoisotopic (exact) mass is 380 g/mol. The zero-order valence-electron chi connectivity index (χ0n) is 16.1. The Bertz CT molecular complexity index is 964. The van der Waals surface area contributed by atoms with Crippen molar-refractivity contribution in [1.29, 1.82) is 0 Å². The van der Waals surface area contributed by atoms with Gasteiger partial charge in [-0.2, -0.15) is 0 Å². The van der Waals surface area contributed by atoms with Crippen LogP contribution in [0.25, 0.3) is 11.1 Å². The molecule has 28 heavy (non-hydrogen) atoms. The Morgan fingerprint density at radius 1 is 1.21 bits per heavy atom. The number of nitrogens with one attached hydrogen (secondary N) is 1. The Morgan fingerprint density at radius 3 is 2.71 bits per heavy atom. The van der Waals surface area contributed by atoms with Crippen molar-refractivity contribution in [2.45, 2.75) is 19.9 Å². The molecule has 1 aromatic carbocycles. The molecule has 1 N–H and O–H groups in total. The van der Waals surface area contributed by atoms with Gasteiger partial charge in [-0.25, -0.2) is 4.98 Å². The number of hydrogen-bond acceptors (Lipinski definition) is 6. The van der Waals surface area contributed by atoms with Crippen molar-refractivity contribution in [3.63, 3.8) is 0 Å². The van der Waals surface area contributed by atoms with E-state index in [2.05, 4.69) is 20.4 Å². The van der Waals surface area contributed by atoms with Crippen LogP contribution in [0.2, 0.25) is 0 Å². The molecule has 2 aromatic heterocycles. The molecule has 7 nitrogen and oxygen atoms in total. The third kappa shape index (κ3) is 3.90. The predicted octanol–water partition coefficient (Wildman–Crippen LogP) is 2.64. The average Bonchev–Trinajstić information content (AvgIpc) is 3.08. The molecule has 0 radical (unpaired) electrons. The van der Waals surface area contributed by atoms with Crippen LogP contribution in [0.15, 0.2) is 40.9 Å². The van der Waals surface area contributed by atoms with Gasteiger partial charge in [-0.1, -0.05) is 35.5 Å². The number of nitrogens with zero attached hydrogens (tertiary/aromatic N) is 3. The number of aryl methyl sites for hydroxylation is 2. The zero-order valence-corrected chi connectivity index (χ0v) is 16.1. The summed E-state index contributed by atoms with van der Waals surface area (Å²) in [6.45, 7) is 7.57. The molecule has 4 rings (SSSR count). The second-order valence-electron chi connectivity index (χ2n) is 7.11. The van der Waals surface area contributed by atoms with Gasteiger partial charge in [0.1, 0.15) is 0 Å². The molecule has 0 saturated carbocycles. The Labute approximate surface area is 163 Å². The van der Waals surface area contributed by atoms with Crippen LogP contribution in [0.3, 0.4) is 0 Å². The van der Waals surface area contributed by atoms with Gasteiger partial charge in [0.05, 0.1) is 35.9 Å². The average molecular weight is 380 g/mol. The summed E-state index contributed by atoms with van der Waals surface area (Å²) in [5.41, 5.74) is 3.40. The first-order valence-electron chi connectivity index (χ1n) is 9.51. The predicted molar refractivity (Wildman–Crippen MR) is 105 cm³/mol. The number of benzene rings is 1. The van der Waals surface area contributed by atoms with E-state index in [1.807, 2.05) is 44.2 Å². The van der Waals surface area contributed by atoms with E-state index in [0.29, 0.717) is 22.4 Å². The van der Waals surface area contributed by atoms with Gasteiger partial charge in [0.25, 0.3) is 11.6 Å². The number of hydrogen-bond donors (Lipinski definition) is 1. The van der Waals surface area contributed by atoms with Crippen LogP contribution >= 0.6 is 0 Å². The fourth-order valence-corrected chi connectivity index (χ4v) is 3.59. The normalized spacial score (nSPS) is 16.2. The van der Waals surface area contributed by atoms with Gasteiger partial charge in [0, 0.05) is 25.3 Å². The maximum absolute atomic E-state index is 13.2. The van der Waals surface area contributed by atoms with Crippen molar-refractivity contribution in [2.75, 3.05) is 32.8 Å². The van der Waals surface area contributed by atoms with E-state index in [4.69, 9.17) is 9.26 Å². The van der Waals surface area contributed by atoms with E-state index >= 15 is 0 Å². The summed E-state index contributed by atoms with van der Waals surface area (Å²) in [5.74, 6) is -0.149. The van der Waals surface area contributed by atoms with Crippen LogP contribution in [-0.2, 0) is 4.74 Å². The molecular formula is C21H24N4O3. The number of fused-ring (bicyclic) bond motifs is 1. The minimum atomic E-state index is -0.149. The third-order valence-corrected chi connectivity index (χ3v) is 5.04. The molecule has 0 aliphatic carbocycles. The summed E-state index contributed by atoms with van der Waals surface area (Å²) >= 11 is 0. The number of carbonyl (C=O) groups is 1. The number of carbonyl (C=O) groups excluding carboxylic acids is 1. The summed E-state index contributed by atoms with van der Waals surface area (Å²) < 4.78 is 10.7. The van der Waals surface area contributed by atoms with Crippen LogP contribution in [0, 0.1) is 13.8 Å². The third-order valence-electron chi connectivity index (χ3n) is 5.04. The number of amides is 1. The molecule has 1 fully saturated rings. The first-order chi connectivity index (χ1) is 13.6. The van der Waals surface area contributed by atoms with Gasteiger partial charge < -0.3 is 14.6 Å². The highest BCUT2D eigenvalue weighted by Gasteiger charge is 2.23. The molecule has 1 saturated heterocycles. The SMILES string of the molecule is Cc1cc(C(=O)NC(CN2CCOCC2)c2ccccc2)c2c(C)noc2n1. The van der Waals surface area contributed by atoms with Crippen LogP contribution < -0.4 is 5.32 Å². The molecule has 1 aliphatic rings. The van der Waals surface area contributed by atoms with Crippen molar-refractivity contribution in [3.05, 3.63) is 58.9 Å². The number of ether oxygens (including phenoxy) is 1. The minimum Gasteiger partial charge on any atom is -0.379 e. The number of morpholine rings is 1. The van der Waals surface area contributed by atoms with E-state index < -0.39 is 0 Å². The summed E-state index contributed by atoms with van der Waals surface area (Å²) in [6, 6.07) is 11.7. The lowest BCUT2D eigenvalue weighted by atomic mass is 10.0. The molecule has 1 aliphatic heterocycles. The lowest BCUT2D eigenvalue weighted by Crippen LogP contribution is -2.43. The Morgan fingerprint density at radius 2 is 1.96 bits per heavy atom. The maximum Gasteiger partial charge on any atom is 0.258 e. The van der Waals surface area contributed by atoms with Crippen molar-refractivity contribution in [3.8, 4) is 0 Å². The van der Waals surface area contributed by atoms with Crippen LogP contribution in [0.4, 0.5) is 0 Å². The van der Waals surface area contributed by atoms with Gasteiger partial charge in [-0.05, 0) is 25.5 Å². The van der Waals surface area contributed by atoms with Gasteiger partial charge >= 0.3 is 0 Å². The second kappa shape index (κ2) is 8.08. The summed E-state index contributed by atoms with van der Waals surface area (Å²) in [5, 5.41) is 7.85. The largest absolute Gasteiger partial charge is 0.379 e. The van der Waals surface area contributed by atoms with Crippen molar-refractivity contribution in [2.24, 2.45) is 0 Å². The number of rotatable bonds is 5. The molecule has 1 unspecified atom stereocenters. The molecule has 7 heteroatoms. The first-order valence-corrected chi connectivity index (χ1v) is 9.51. The van der Waals surface area contributed by atoms with Crippen molar-refractivity contribution >= 4 is 17.0 Å². The van der Waals surface area contributed by atoms with Gasteiger partial charge in [0.2, 0.25) is 0 Å². The quantitative estimate of drug-likeness (QED) is 0.733. The molecule has 0 spiro atoms.